The Kier molecular flexibility index (Phi) is 2.45. The smallest absolute Gasteiger partial charge is 0.179 e. The lowest BCUT2D eigenvalue weighted by molar-refractivity contribution is 0.477. The number of nitrogens with zero attached hydrogens (tertiary/aromatic N) is 4. The van der Waals surface area contributed by atoms with Crippen LogP contribution in [0, 0.1) is 0 Å². The number of nitrogens with one attached hydrogen (secondary N) is 1. The van der Waals surface area contributed by atoms with Gasteiger partial charge in [0.25, 0.3) is 0 Å². The highest BCUT2D eigenvalue weighted by molar-refractivity contribution is 5.73. The quantitative estimate of drug-likeness (QED) is 0.709. The van der Waals surface area contributed by atoms with Gasteiger partial charge in [0, 0.05) is 23.5 Å². The lowest BCUT2D eigenvalue weighted by atomic mass is 10.0. The molecule has 0 bridgehead atoms. The average Bonchev–Trinajstić information content (AvgIpc) is 2.93. The second-order valence-corrected chi connectivity index (χ2v) is 3.72. The zero-order valence-corrected chi connectivity index (χ0v) is 9.28. The zero-order valence-electron chi connectivity index (χ0n) is 9.28. The third-order valence-electron chi connectivity index (χ3n) is 2.61. The number of hydrogen-bond acceptors (Lipinski definition) is 5. The predicted octanol–water partition coefficient (Wildman–Crippen LogP) is 1.63. The zero-order chi connectivity index (χ0) is 12.4. The molecule has 18 heavy (non-hydrogen) atoms. The van der Waals surface area contributed by atoms with Gasteiger partial charge in [0.05, 0.1) is 0 Å². The number of rotatable bonds is 2. The molecule has 3 aromatic rings. The van der Waals surface area contributed by atoms with Crippen molar-refractivity contribution in [1.29, 1.82) is 0 Å². The van der Waals surface area contributed by atoms with Crippen molar-refractivity contribution >= 4 is 0 Å². The fourth-order valence-electron chi connectivity index (χ4n) is 1.74. The Morgan fingerprint density at radius 3 is 2.50 bits per heavy atom. The van der Waals surface area contributed by atoms with Gasteiger partial charge in [-0.2, -0.15) is 0 Å². The van der Waals surface area contributed by atoms with E-state index in [2.05, 4.69) is 25.6 Å². The lowest BCUT2D eigenvalue weighted by Gasteiger charge is -2.05. The third kappa shape index (κ3) is 1.80. The number of pyridine rings is 1. The highest BCUT2D eigenvalue weighted by Gasteiger charge is 2.08. The minimum Gasteiger partial charge on any atom is -0.507 e. The first-order chi connectivity index (χ1) is 8.84. The van der Waals surface area contributed by atoms with E-state index in [0.29, 0.717) is 5.82 Å². The summed E-state index contributed by atoms with van der Waals surface area (Å²) in [7, 11) is 0. The number of H-pyrrole nitrogens is 1. The van der Waals surface area contributed by atoms with Crippen LogP contribution in [0.4, 0.5) is 0 Å². The average molecular weight is 239 g/mol. The normalized spacial score (nSPS) is 10.4. The van der Waals surface area contributed by atoms with E-state index in [1.165, 1.54) is 0 Å². The van der Waals surface area contributed by atoms with E-state index in [4.69, 9.17) is 0 Å². The maximum atomic E-state index is 10.0. The van der Waals surface area contributed by atoms with Crippen molar-refractivity contribution in [1.82, 2.24) is 25.6 Å². The van der Waals surface area contributed by atoms with Crippen LogP contribution in [0.25, 0.3) is 22.5 Å². The van der Waals surface area contributed by atoms with Gasteiger partial charge >= 0.3 is 0 Å². The van der Waals surface area contributed by atoms with Crippen molar-refractivity contribution in [3.05, 3.63) is 42.7 Å². The van der Waals surface area contributed by atoms with Crippen molar-refractivity contribution in [2.24, 2.45) is 0 Å². The molecular formula is C12H9N5O. The van der Waals surface area contributed by atoms with Gasteiger partial charge in [-0.15, -0.1) is 5.10 Å². The Morgan fingerprint density at radius 2 is 1.83 bits per heavy atom. The summed E-state index contributed by atoms with van der Waals surface area (Å²) in [4.78, 5) is 3.95. The monoisotopic (exact) mass is 239 g/mol. The van der Waals surface area contributed by atoms with Gasteiger partial charge in [0.1, 0.15) is 5.75 Å². The summed E-state index contributed by atoms with van der Waals surface area (Å²) in [5, 5.41) is 23.5. The molecule has 0 atom stereocenters. The molecule has 0 saturated heterocycles. The van der Waals surface area contributed by atoms with Crippen LogP contribution in [0.3, 0.4) is 0 Å². The molecule has 0 saturated carbocycles. The molecule has 6 nitrogen and oxygen atoms in total. The summed E-state index contributed by atoms with van der Waals surface area (Å²) in [6, 6.07) is 8.97. The van der Waals surface area contributed by atoms with E-state index in [1.807, 2.05) is 24.3 Å². The van der Waals surface area contributed by atoms with Crippen molar-refractivity contribution in [3.8, 4) is 28.3 Å². The molecule has 0 unspecified atom stereocenters. The van der Waals surface area contributed by atoms with Gasteiger partial charge in [0.2, 0.25) is 0 Å². The summed E-state index contributed by atoms with van der Waals surface area (Å²) in [5.74, 6) is 0.696. The second kappa shape index (κ2) is 4.25. The summed E-state index contributed by atoms with van der Waals surface area (Å²) >= 11 is 0. The van der Waals surface area contributed by atoms with E-state index in [1.54, 1.807) is 18.5 Å². The van der Waals surface area contributed by atoms with Gasteiger partial charge < -0.3 is 5.11 Å². The summed E-state index contributed by atoms with van der Waals surface area (Å²) in [6.45, 7) is 0. The van der Waals surface area contributed by atoms with Crippen LogP contribution < -0.4 is 0 Å². The molecule has 0 fully saturated rings. The number of aromatic hydroxyl groups is 1. The van der Waals surface area contributed by atoms with Gasteiger partial charge in [-0.05, 0) is 40.3 Å². The van der Waals surface area contributed by atoms with E-state index in [9.17, 15) is 5.11 Å². The Balaban J connectivity index is 2.05. The Bertz CT molecular complexity index is 651. The fourth-order valence-corrected chi connectivity index (χ4v) is 1.74. The topological polar surface area (TPSA) is 87.6 Å². The second-order valence-electron chi connectivity index (χ2n) is 3.72. The van der Waals surface area contributed by atoms with Crippen molar-refractivity contribution in [2.75, 3.05) is 0 Å². The number of hydrogen-bond donors (Lipinski definition) is 2. The van der Waals surface area contributed by atoms with Crippen molar-refractivity contribution < 1.29 is 5.11 Å². The molecule has 0 spiro atoms. The Hall–Kier alpha value is -2.76. The van der Waals surface area contributed by atoms with Crippen molar-refractivity contribution in [2.45, 2.75) is 0 Å². The predicted molar refractivity (Wildman–Crippen MR) is 64.5 cm³/mol. The largest absolute Gasteiger partial charge is 0.507 e. The molecule has 3 rings (SSSR count). The first kappa shape index (κ1) is 10.4. The lowest BCUT2D eigenvalue weighted by Crippen LogP contribution is -1.84. The van der Waals surface area contributed by atoms with Crippen LogP contribution in [0.15, 0.2) is 42.7 Å². The molecule has 0 aliphatic heterocycles. The highest BCUT2D eigenvalue weighted by atomic mass is 16.3. The Labute approximate surface area is 102 Å². The molecule has 2 aromatic heterocycles. The molecule has 88 valence electrons. The van der Waals surface area contributed by atoms with Crippen LogP contribution in [-0.4, -0.2) is 30.7 Å². The number of phenols is 1. The minimum absolute atomic E-state index is 0.176. The first-order valence-corrected chi connectivity index (χ1v) is 5.32. The molecule has 0 amide bonds. The van der Waals surface area contributed by atoms with E-state index < -0.39 is 0 Å². The van der Waals surface area contributed by atoms with Crippen LogP contribution >= 0.6 is 0 Å². The number of aromatic nitrogens is 5. The minimum atomic E-state index is 0.176. The maximum Gasteiger partial charge on any atom is 0.179 e. The van der Waals surface area contributed by atoms with Crippen LogP contribution in [0.2, 0.25) is 0 Å². The molecule has 2 N–H and O–H groups in total. The Morgan fingerprint density at radius 1 is 1.00 bits per heavy atom. The van der Waals surface area contributed by atoms with Gasteiger partial charge in [0.15, 0.2) is 5.82 Å². The van der Waals surface area contributed by atoms with Crippen LogP contribution in [0.1, 0.15) is 0 Å². The molecule has 1 aromatic carbocycles. The third-order valence-corrected chi connectivity index (χ3v) is 2.61. The molecule has 2 heterocycles. The highest BCUT2D eigenvalue weighted by Crippen LogP contribution is 2.31. The maximum absolute atomic E-state index is 10.0. The first-order valence-electron chi connectivity index (χ1n) is 5.32. The van der Waals surface area contributed by atoms with Crippen LogP contribution in [-0.2, 0) is 0 Å². The van der Waals surface area contributed by atoms with E-state index in [-0.39, 0.29) is 5.75 Å². The number of aromatic amines is 1. The molecule has 6 heteroatoms. The summed E-state index contributed by atoms with van der Waals surface area (Å²) in [5.41, 5.74) is 2.38. The summed E-state index contributed by atoms with van der Waals surface area (Å²) < 4.78 is 0. The SMILES string of the molecule is Oc1cc(-c2nnn[nH]2)ccc1-c1ccncc1. The fraction of sp³-hybridized carbons (Fsp3) is 0. The van der Waals surface area contributed by atoms with Gasteiger partial charge in [-0.1, -0.05) is 6.07 Å². The summed E-state index contributed by atoms with van der Waals surface area (Å²) in [6.07, 6.45) is 3.37. The van der Waals surface area contributed by atoms with E-state index >= 15 is 0 Å². The van der Waals surface area contributed by atoms with Gasteiger partial charge in [-0.3, -0.25) is 4.98 Å². The van der Waals surface area contributed by atoms with Crippen molar-refractivity contribution in [3.63, 3.8) is 0 Å². The standard InChI is InChI=1S/C12H9N5O/c18-11-7-9(12-14-16-17-15-12)1-2-10(11)8-3-5-13-6-4-8/h1-7,18H,(H,14,15,16,17). The molecular weight excluding hydrogens is 230 g/mol. The van der Waals surface area contributed by atoms with E-state index in [0.717, 1.165) is 16.7 Å². The number of benzene rings is 1. The molecule has 0 radical (unpaired) electrons. The molecule has 0 aliphatic carbocycles. The number of tetrazole rings is 1. The molecule has 0 aliphatic rings. The van der Waals surface area contributed by atoms with Crippen LogP contribution in [0.5, 0.6) is 5.75 Å². The number of phenolic OH excluding ortho intramolecular Hbond substituents is 1. The van der Waals surface area contributed by atoms with Gasteiger partial charge in [-0.25, -0.2) is 5.10 Å².